The van der Waals surface area contributed by atoms with Crippen molar-refractivity contribution < 1.29 is 9.53 Å². The highest BCUT2D eigenvalue weighted by Gasteiger charge is 2.40. The fourth-order valence-corrected chi connectivity index (χ4v) is 3.53. The molecule has 0 spiro atoms. The zero-order valence-electron chi connectivity index (χ0n) is 12.9. The predicted molar refractivity (Wildman–Crippen MR) is 81.7 cm³/mol. The van der Waals surface area contributed by atoms with Crippen molar-refractivity contribution in [2.24, 2.45) is 0 Å². The van der Waals surface area contributed by atoms with Crippen LogP contribution in [0.5, 0.6) is 0 Å². The smallest absolute Gasteiger partial charge is 0.357 e. The van der Waals surface area contributed by atoms with Crippen molar-refractivity contribution >= 4 is 22.4 Å². The molecule has 1 fully saturated rings. The largest absolute Gasteiger partial charge is 0.464 e. The number of esters is 1. The summed E-state index contributed by atoms with van der Waals surface area (Å²) < 4.78 is 4.76. The van der Waals surface area contributed by atoms with Gasteiger partial charge in [-0.25, -0.2) is 9.78 Å². The van der Waals surface area contributed by atoms with Gasteiger partial charge in [0, 0.05) is 24.0 Å². The molecule has 1 aliphatic rings. The van der Waals surface area contributed by atoms with E-state index in [-0.39, 0.29) is 11.5 Å². The molecule has 0 aliphatic heterocycles. The average molecular weight is 297 g/mol. The van der Waals surface area contributed by atoms with Crippen LogP contribution in [0, 0.1) is 6.92 Å². The van der Waals surface area contributed by atoms with Crippen molar-refractivity contribution in [3.8, 4) is 0 Å². The SMILES string of the molecule is COC(=O)c1nc(N(C)CC2(N(C)C)CCC2)sc1C. The first-order chi connectivity index (χ1) is 9.39. The normalized spacial score (nSPS) is 16.9. The highest BCUT2D eigenvalue weighted by atomic mass is 32.1. The zero-order valence-corrected chi connectivity index (χ0v) is 13.7. The van der Waals surface area contributed by atoms with Crippen molar-refractivity contribution in [2.75, 3.05) is 39.7 Å². The molecule has 0 N–H and O–H groups in total. The molecule has 1 aromatic heterocycles. The number of aromatic nitrogens is 1. The first-order valence-electron chi connectivity index (χ1n) is 6.84. The molecule has 20 heavy (non-hydrogen) atoms. The highest BCUT2D eigenvalue weighted by molar-refractivity contribution is 7.15. The van der Waals surface area contributed by atoms with E-state index in [0.717, 1.165) is 16.6 Å². The van der Waals surface area contributed by atoms with Gasteiger partial charge in [-0.1, -0.05) is 0 Å². The molecule has 112 valence electrons. The van der Waals surface area contributed by atoms with Crippen LogP contribution in [0.25, 0.3) is 0 Å². The monoisotopic (exact) mass is 297 g/mol. The average Bonchev–Trinajstić information content (AvgIpc) is 2.74. The lowest BCUT2D eigenvalue weighted by atomic mass is 9.75. The molecule has 0 saturated heterocycles. The lowest BCUT2D eigenvalue weighted by Gasteiger charge is -2.49. The number of rotatable bonds is 5. The van der Waals surface area contributed by atoms with Crippen molar-refractivity contribution in [1.29, 1.82) is 0 Å². The van der Waals surface area contributed by atoms with Crippen LogP contribution < -0.4 is 4.90 Å². The summed E-state index contributed by atoms with van der Waals surface area (Å²) in [6, 6.07) is 0. The number of likely N-dealkylation sites (N-methyl/N-ethyl adjacent to an activating group) is 2. The Hall–Kier alpha value is -1.14. The second kappa shape index (κ2) is 5.69. The third-order valence-electron chi connectivity index (χ3n) is 4.26. The van der Waals surface area contributed by atoms with Crippen LogP contribution in [-0.4, -0.2) is 56.2 Å². The van der Waals surface area contributed by atoms with Gasteiger partial charge in [-0.2, -0.15) is 0 Å². The second-order valence-electron chi connectivity index (χ2n) is 5.72. The lowest BCUT2D eigenvalue weighted by molar-refractivity contribution is 0.0594. The summed E-state index contributed by atoms with van der Waals surface area (Å²) in [5.74, 6) is -0.357. The molecular weight excluding hydrogens is 274 g/mol. The summed E-state index contributed by atoms with van der Waals surface area (Å²) in [5, 5.41) is 0.885. The molecule has 2 rings (SSSR count). The van der Waals surface area contributed by atoms with Gasteiger partial charge in [-0.15, -0.1) is 11.3 Å². The Bertz CT molecular complexity index is 495. The predicted octanol–water partition coefficient (Wildman–Crippen LogP) is 2.16. The van der Waals surface area contributed by atoms with Gasteiger partial charge >= 0.3 is 5.97 Å². The van der Waals surface area contributed by atoms with Crippen molar-refractivity contribution in [3.05, 3.63) is 10.6 Å². The van der Waals surface area contributed by atoms with Gasteiger partial charge in [-0.05, 0) is 40.3 Å². The molecule has 0 aromatic carbocycles. The van der Waals surface area contributed by atoms with Gasteiger partial charge in [0.1, 0.15) is 0 Å². The molecule has 0 bridgehead atoms. The van der Waals surface area contributed by atoms with E-state index in [0.29, 0.717) is 5.69 Å². The van der Waals surface area contributed by atoms with E-state index < -0.39 is 0 Å². The molecule has 0 atom stereocenters. The van der Waals surface area contributed by atoms with E-state index in [4.69, 9.17) is 4.74 Å². The van der Waals surface area contributed by atoms with Crippen LogP contribution in [0.2, 0.25) is 0 Å². The van der Waals surface area contributed by atoms with Crippen molar-refractivity contribution in [2.45, 2.75) is 31.7 Å². The first-order valence-corrected chi connectivity index (χ1v) is 7.65. The van der Waals surface area contributed by atoms with E-state index in [9.17, 15) is 4.79 Å². The highest BCUT2D eigenvalue weighted by Crippen LogP contribution is 2.38. The summed E-state index contributed by atoms with van der Waals surface area (Å²) in [6.07, 6.45) is 3.73. The molecule has 1 heterocycles. The Labute approximate surface area is 124 Å². The Morgan fingerprint density at radius 2 is 2.05 bits per heavy atom. The molecular formula is C14H23N3O2S. The van der Waals surface area contributed by atoms with Gasteiger partial charge in [-0.3, -0.25) is 0 Å². The number of nitrogens with zero attached hydrogens (tertiary/aromatic N) is 3. The van der Waals surface area contributed by atoms with E-state index in [1.165, 1.54) is 26.4 Å². The maximum Gasteiger partial charge on any atom is 0.357 e. The van der Waals surface area contributed by atoms with Gasteiger partial charge < -0.3 is 14.5 Å². The van der Waals surface area contributed by atoms with E-state index >= 15 is 0 Å². The maximum atomic E-state index is 11.6. The maximum absolute atomic E-state index is 11.6. The molecule has 1 aliphatic carbocycles. The number of anilines is 1. The lowest BCUT2D eigenvalue weighted by Crippen LogP contribution is -2.56. The van der Waals surface area contributed by atoms with Crippen LogP contribution in [0.3, 0.4) is 0 Å². The topological polar surface area (TPSA) is 45.7 Å². The number of carbonyl (C=O) groups is 1. The second-order valence-corrected chi connectivity index (χ2v) is 6.90. The Balaban J connectivity index is 2.13. The number of methoxy groups -OCH3 is 1. The Morgan fingerprint density at radius 3 is 2.50 bits per heavy atom. The molecule has 1 saturated carbocycles. The first kappa shape index (κ1) is 15.3. The molecule has 0 radical (unpaired) electrons. The van der Waals surface area contributed by atoms with Crippen molar-refractivity contribution in [3.63, 3.8) is 0 Å². The van der Waals surface area contributed by atoms with Crippen LogP contribution in [0.1, 0.15) is 34.6 Å². The number of carbonyl (C=O) groups excluding carboxylic acids is 1. The number of thiazole rings is 1. The standard InChI is InChI=1S/C14H23N3O2S/c1-10-11(12(18)19-5)15-13(20-10)17(4)9-14(16(2)3)7-6-8-14/h6-9H2,1-5H3. The molecule has 6 heteroatoms. The summed E-state index contributed by atoms with van der Waals surface area (Å²) in [7, 11) is 7.71. The minimum absolute atomic E-state index is 0.250. The quantitative estimate of drug-likeness (QED) is 0.779. The Kier molecular flexibility index (Phi) is 4.34. The summed E-state index contributed by atoms with van der Waals surface area (Å²) in [4.78, 5) is 21.4. The fourth-order valence-electron chi connectivity index (χ4n) is 2.67. The van der Waals surface area contributed by atoms with Crippen LogP contribution >= 0.6 is 11.3 Å². The zero-order chi connectivity index (χ0) is 14.9. The van der Waals surface area contributed by atoms with Gasteiger partial charge in [0.25, 0.3) is 0 Å². The Morgan fingerprint density at radius 1 is 1.40 bits per heavy atom. The molecule has 0 unspecified atom stereocenters. The van der Waals surface area contributed by atoms with Crippen LogP contribution in [0.4, 0.5) is 5.13 Å². The third-order valence-corrected chi connectivity index (χ3v) is 5.34. The van der Waals surface area contributed by atoms with Crippen LogP contribution in [0.15, 0.2) is 0 Å². The van der Waals surface area contributed by atoms with E-state index in [1.54, 1.807) is 11.3 Å². The number of hydrogen-bond acceptors (Lipinski definition) is 6. The summed E-state index contributed by atoms with van der Waals surface area (Å²) in [6.45, 7) is 2.85. The number of aryl methyl sites for hydroxylation is 1. The van der Waals surface area contributed by atoms with Gasteiger partial charge in [0.2, 0.25) is 0 Å². The number of ether oxygens (including phenoxy) is 1. The summed E-state index contributed by atoms with van der Waals surface area (Å²) in [5.41, 5.74) is 0.687. The summed E-state index contributed by atoms with van der Waals surface area (Å²) >= 11 is 1.55. The number of hydrogen-bond donors (Lipinski definition) is 0. The minimum atomic E-state index is -0.357. The van der Waals surface area contributed by atoms with E-state index in [2.05, 4.69) is 28.9 Å². The minimum Gasteiger partial charge on any atom is -0.464 e. The van der Waals surface area contributed by atoms with Gasteiger partial charge in [0.15, 0.2) is 10.8 Å². The molecule has 1 aromatic rings. The molecule has 5 nitrogen and oxygen atoms in total. The third kappa shape index (κ3) is 2.67. The van der Waals surface area contributed by atoms with Crippen LogP contribution in [-0.2, 0) is 4.74 Å². The van der Waals surface area contributed by atoms with E-state index in [1.807, 2.05) is 14.0 Å². The fraction of sp³-hybridized carbons (Fsp3) is 0.714. The van der Waals surface area contributed by atoms with Gasteiger partial charge in [0.05, 0.1) is 7.11 Å². The van der Waals surface area contributed by atoms with Crippen molar-refractivity contribution in [1.82, 2.24) is 9.88 Å². The molecule has 0 amide bonds.